The van der Waals surface area contributed by atoms with E-state index in [9.17, 15) is 24.8 Å². The zero-order valence-corrected chi connectivity index (χ0v) is 22.1. The van der Waals surface area contributed by atoms with Crippen LogP contribution in [0.15, 0.2) is 36.7 Å². The van der Waals surface area contributed by atoms with Crippen LogP contribution in [0, 0.1) is 0 Å². The molecule has 1 saturated heterocycles. The standard InChI is InChI=1S/C22H30N7O9P/c1-11(2)36-21(32)12(3)28-39(34,38-13-7-5-4-6-8-13)35-9-14-16(30)17(31)20(37-14)29-10-24-15-18(27-33)25-22(23)26-19(15)29/h4-8,10-12,14,16-17,20,30-31,33H,9H2,1-3H3,(H,28,34)(H3,23,25,26,27)/t12-,14+,16+,17+,20+,39+/m0/s1. The maximum absolute atomic E-state index is 13.7. The molecule has 0 spiro atoms. The largest absolute Gasteiger partial charge is 0.462 e. The van der Waals surface area contributed by atoms with Crippen molar-refractivity contribution < 1.29 is 43.3 Å². The average molecular weight is 567 g/mol. The van der Waals surface area contributed by atoms with Gasteiger partial charge in [0.15, 0.2) is 23.2 Å². The van der Waals surface area contributed by atoms with E-state index >= 15 is 0 Å². The van der Waals surface area contributed by atoms with Crippen molar-refractivity contribution in [1.29, 1.82) is 0 Å². The molecule has 0 saturated carbocycles. The van der Waals surface area contributed by atoms with Crippen LogP contribution in [0.3, 0.4) is 0 Å². The molecule has 1 aliphatic rings. The fourth-order valence-corrected chi connectivity index (χ4v) is 5.30. The van der Waals surface area contributed by atoms with Gasteiger partial charge in [-0.3, -0.25) is 24.6 Å². The highest BCUT2D eigenvalue weighted by atomic mass is 31.2. The second-order valence-electron chi connectivity index (χ2n) is 8.95. The number of nitrogens with two attached hydrogens (primary N) is 1. The molecule has 1 fully saturated rings. The lowest BCUT2D eigenvalue weighted by atomic mass is 10.1. The Labute approximate surface area is 222 Å². The number of carbonyl (C=O) groups is 1. The molecule has 7 N–H and O–H groups in total. The van der Waals surface area contributed by atoms with Gasteiger partial charge in [0.1, 0.15) is 30.1 Å². The number of carbonyl (C=O) groups excluding carboxylic acids is 1. The Balaban J connectivity index is 1.52. The summed E-state index contributed by atoms with van der Waals surface area (Å²) in [6.07, 6.45) is -4.51. The number of fused-ring (bicyclic) bond motifs is 1. The van der Waals surface area contributed by atoms with Crippen molar-refractivity contribution in [2.24, 2.45) is 0 Å². The third-order valence-corrected chi connectivity index (χ3v) is 7.23. The molecule has 0 aliphatic carbocycles. The Kier molecular flexibility index (Phi) is 8.66. The van der Waals surface area contributed by atoms with E-state index in [-0.39, 0.29) is 28.7 Å². The molecular formula is C22H30N7O9P. The molecule has 0 bridgehead atoms. The van der Waals surface area contributed by atoms with Gasteiger partial charge in [0.25, 0.3) is 0 Å². The van der Waals surface area contributed by atoms with Gasteiger partial charge in [0.2, 0.25) is 5.95 Å². The van der Waals surface area contributed by atoms with E-state index in [1.165, 1.54) is 17.8 Å². The summed E-state index contributed by atoms with van der Waals surface area (Å²) in [5.41, 5.74) is 7.79. The van der Waals surface area contributed by atoms with Gasteiger partial charge in [-0.25, -0.2) is 9.55 Å². The van der Waals surface area contributed by atoms with Gasteiger partial charge >= 0.3 is 13.7 Å². The summed E-state index contributed by atoms with van der Waals surface area (Å²) in [6.45, 7) is 4.27. The topological polar surface area (TPSA) is 225 Å². The van der Waals surface area contributed by atoms with Crippen molar-refractivity contribution >= 4 is 36.6 Å². The summed E-state index contributed by atoms with van der Waals surface area (Å²) in [7, 11) is -4.25. The smallest absolute Gasteiger partial charge is 0.459 e. The van der Waals surface area contributed by atoms with Gasteiger partial charge in [-0.2, -0.15) is 15.1 Å². The number of aliphatic hydroxyl groups is 2. The molecule has 1 aliphatic heterocycles. The minimum atomic E-state index is -4.25. The molecule has 3 heterocycles. The van der Waals surface area contributed by atoms with Crippen LogP contribution in [0.2, 0.25) is 0 Å². The van der Waals surface area contributed by atoms with Crippen LogP contribution >= 0.6 is 7.75 Å². The Morgan fingerprint density at radius 1 is 1.21 bits per heavy atom. The number of hydrogen-bond acceptors (Lipinski definition) is 14. The van der Waals surface area contributed by atoms with Crippen LogP contribution in [0.5, 0.6) is 5.75 Å². The van der Waals surface area contributed by atoms with Gasteiger partial charge < -0.3 is 29.9 Å². The SMILES string of the molecule is CC(C)OC(=O)[C@H](C)N[P@@](=O)(OC[C@H]1O[C@@H](n2cnc3c(NO)nc(N)nc32)[C@H](O)[C@@H]1O)Oc1ccccc1. The van der Waals surface area contributed by atoms with Crippen molar-refractivity contribution in [3.05, 3.63) is 36.7 Å². The fraction of sp³-hybridized carbons (Fsp3) is 0.455. The summed E-state index contributed by atoms with van der Waals surface area (Å²) in [6, 6.07) is 7.06. The molecule has 0 amide bonds. The predicted molar refractivity (Wildman–Crippen MR) is 136 cm³/mol. The van der Waals surface area contributed by atoms with Crippen molar-refractivity contribution in [1.82, 2.24) is 24.6 Å². The summed E-state index contributed by atoms with van der Waals surface area (Å²) in [4.78, 5) is 24.3. The highest BCUT2D eigenvalue weighted by Gasteiger charge is 2.46. The fourth-order valence-electron chi connectivity index (χ4n) is 3.80. The number of aliphatic hydroxyl groups excluding tert-OH is 2. The number of nitrogens with one attached hydrogen (secondary N) is 2. The number of hydrogen-bond donors (Lipinski definition) is 6. The molecular weight excluding hydrogens is 537 g/mol. The first-order chi connectivity index (χ1) is 18.5. The zero-order chi connectivity index (χ0) is 28.3. The van der Waals surface area contributed by atoms with Crippen LogP contribution in [0.25, 0.3) is 11.2 Å². The minimum absolute atomic E-state index is 0.0700. The molecule has 6 atom stereocenters. The van der Waals surface area contributed by atoms with Crippen molar-refractivity contribution in [3.8, 4) is 5.75 Å². The molecule has 4 rings (SSSR count). The second-order valence-corrected chi connectivity index (χ2v) is 10.6. The van der Waals surface area contributed by atoms with Gasteiger partial charge in [-0.1, -0.05) is 18.2 Å². The Morgan fingerprint density at radius 3 is 2.59 bits per heavy atom. The summed E-state index contributed by atoms with van der Waals surface area (Å²) in [5, 5.41) is 33.3. The van der Waals surface area contributed by atoms with E-state index in [2.05, 4.69) is 20.0 Å². The second kappa shape index (κ2) is 11.8. The lowest BCUT2D eigenvalue weighted by Gasteiger charge is -2.25. The zero-order valence-electron chi connectivity index (χ0n) is 21.2. The number of rotatable bonds is 11. The van der Waals surface area contributed by atoms with Crippen LogP contribution in [0.4, 0.5) is 11.8 Å². The lowest BCUT2D eigenvalue weighted by Crippen LogP contribution is -2.38. The van der Waals surface area contributed by atoms with Crippen LogP contribution in [0.1, 0.15) is 27.0 Å². The Hall–Kier alpha value is -3.37. The summed E-state index contributed by atoms with van der Waals surface area (Å²) in [5.74, 6) is -0.745. The number of nitrogen functional groups attached to an aromatic ring is 1. The number of esters is 1. The summed E-state index contributed by atoms with van der Waals surface area (Å²) >= 11 is 0. The first kappa shape index (κ1) is 28.6. The normalized spacial score (nSPS) is 23.5. The molecule has 3 aromatic rings. The first-order valence-corrected chi connectivity index (χ1v) is 13.4. The first-order valence-electron chi connectivity index (χ1n) is 11.9. The number of aromatic nitrogens is 4. The lowest BCUT2D eigenvalue weighted by molar-refractivity contribution is -0.149. The molecule has 17 heteroatoms. The molecule has 39 heavy (non-hydrogen) atoms. The van der Waals surface area contributed by atoms with Gasteiger partial charge in [0.05, 0.1) is 19.0 Å². The van der Waals surface area contributed by atoms with Gasteiger partial charge in [0, 0.05) is 0 Å². The third kappa shape index (κ3) is 6.45. The van der Waals surface area contributed by atoms with Crippen LogP contribution < -0.4 is 20.8 Å². The highest BCUT2D eigenvalue weighted by molar-refractivity contribution is 7.52. The third-order valence-electron chi connectivity index (χ3n) is 5.59. The molecule has 1 aromatic carbocycles. The van der Waals surface area contributed by atoms with Crippen molar-refractivity contribution in [2.75, 3.05) is 17.8 Å². The van der Waals surface area contributed by atoms with E-state index in [0.717, 1.165) is 0 Å². The average Bonchev–Trinajstić information content (AvgIpc) is 3.42. The highest BCUT2D eigenvalue weighted by Crippen LogP contribution is 2.46. The molecule has 2 aromatic heterocycles. The maximum Gasteiger partial charge on any atom is 0.459 e. The Bertz CT molecular complexity index is 1340. The number of para-hydroxylation sites is 1. The van der Waals surface area contributed by atoms with Gasteiger partial charge in [-0.15, -0.1) is 0 Å². The van der Waals surface area contributed by atoms with Crippen molar-refractivity contribution in [2.45, 2.75) is 57.5 Å². The van der Waals surface area contributed by atoms with E-state index in [1.54, 1.807) is 44.2 Å². The minimum Gasteiger partial charge on any atom is -0.462 e. The van der Waals surface area contributed by atoms with Gasteiger partial charge in [-0.05, 0) is 32.9 Å². The Morgan fingerprint density at radius 2 is 1.92 bits per heavy atom. The number of ether oxygens (including phenoxy) is 2. The monoisotopic (exact) mass is 567 g/mol. The van der Waals surface area contributed by atoms with Crippen molar-refractivity contribution in [3.63, 3.8) is 0 Å². The van der Waals surface area contributed by atoms with Crippen LogP contribution in [-0.2, 0) is 23.4 Å². The number of benzene rings is 1. The summed E-state index contributed by atoms with van der Waals surface area (Å²) < 4.78 is 37.1. The number of imidazole rings is 1. The predicted octanol–water partition coefficient (Wildman–Crippen LogP) is 0.962. The van der Waals surface area contributed by atoms with E-state index in [1.807, 2.05) is 5.48 Å². The van der Waals surface area contributed by atoms with E-state index < -0.39 is 57.0 Å². The van der Waals surface area contributed by atoms with Crippen LogP contribution in [-0.4, -0.2) is 78.0 Å². The molecule has 212 valence electrons. The number of anilines is 2. The molecule has 0 radical (unpaired) electrons. The quantitative estimate of drug-likeness (QED) is 0.108. The molecule has 0 unspecified atom stereocenters. The van der Waals surface area contributed by atoms with E-state index in [4.69, 9.17) is 24.3 Å². The number of nitrogens with zero attached hydrogens (tertiary/aromatic N) is 4. The maximum atomic E-state index is 13.7. The van der Waals surface area contributed by atoms with E-state index in [0.29, 0.717) is 0 Å². The molecule has 16 nitrogen and oxygen atoms in total.